The third kappa shape index (κ3) is 4.31. The Kier molecular flexibility index (Phi) is 4.91. The molecule has 0 spiro atoms. The minimum absolute atomic E-state index is 0.0162. The van der Waals surface area contributed by atoms with Crippen LogP contribution in [0.2, 0.25) is 0 Å². The van der Waals surface area contributed by atoms with Gasteiger partial charge in [-0.3, -0.25) is 19.8 Å². The number of benzene rings is 1. The average molecular weight is 334 g/mol. The fraction of sp³-hybridized carbons (Fsp3) is 0.529. The van der Waals surface area contributed by atoms with E-state index in [4.69, 9.17) is 4.74 Å². The zero-order valence-corrected chi connectivity index (χ0v) is 14.3. The van der Waals surface area contributed by atoms with Gasteiger partial charge in [0.25, 0.3) is 5.69 Å². The van der Waals surface area contributed by atoms with Gasteiger partial charge in [-0.1, -0.05) is 12.1 Å². The minimum atomic E-state index is -0.741. The van der Waals surface area contributed by atoms with Crippen LogP contribution in [0.3, 0.4) is 0 Å². The Labute approximate surface area is 140 Å². The fourth-order valence-corrected chi connectivity index (χ4v) is 2.43. The van der Waals surface area contributed by atoms with Crippen LogP contribution in [-0.4, -0.2) is 39.4 Å². The number of nitro groups is 1. The summed E-state index contributed by atoms with van der Waals surface area (Å²) >= 11 is 0. The molecule has 0 aromatic heterocycles. The summed E-state index contributed by atoms with van der Waals surface area (Å²) in [5.41, 5.74) is -0.590. The number of carbonyl (C=O) groups is 2. The van der Waals surface area contributed by atoms with Gasteiger partial charge in [-0.05, 0) is 40.5 Å². The molecular weight excluding hydrogens is 312 g/mol. The molecule has 1 amide bonds. The number of ether oxygens (including phenoxy) is 1. The Hall–Kier alpha value is -2.44. The van der Waals surface area contributed by atoms with E-state index in [1.807, 2.05) is 0 Å². The van der Waals surface area contributed by atoms with E-state index in [0.29, 0.717) is 0 Å². The molecule has 1 atom stereocenters. The minimum Gasteiger partial charge on any atom is -0.444 e. The molecule has 7 nitrogen and oxygen atoms in total. The molecule has 1 aliphatic carbocycles. The van der Waals surface area contributed by atoms with Crippen LogP contribution in [0.25, 0.3) is 0 Å². The van der Waals surface area contributed by atoms with E-state index >= 15 is 0 Å². The highest BCUT2D eigenvalue weighted by Gasteiger charge is 2.40. The molecule has 0 radical (unpaired) electrons. The lowest BCUT2D eigenvalue weighted by atomic mass is 10.0. The Morgan fingerprint density at radius 3 is 2.46 bits per heavy atom. The zero-order chi connectivity index (χ0) is 18.1. The lowest BCUT2D eigenvalue weighted by Gasteiger charge is -2.31. The second kappa shape index (κ2) is 6.59. The summed E-state index contributed by atoms with van der Waals surface area (Å²) in [6.07, 6.45) is 1.12. The van der Waals surface area contributed by atoms with E-state index in [2.05, 4.69) is 0 Å². The Morgan fingerprint density at radius 1 is 1.33 bits per heavy atom. The van der Waals surface area contributed by atoms with Crippen molar-refractivity contribution in [3.05, 3.63) is 39.9 Å². The smallest absolute Gasteiger partial charge is 0.411 e. The lowest BCUT2D eigenvalue weighted by molar-refractivity contribution is -0.384. The van der Waals surface area contributed by atoms with Crippen LogP contribution in [0.15, 0.2) is 24.3 Å². The normalized spacial score (nSPS) is 15.5. The zero-order valence-electron chi connectivity index (χ0n) is 14.3. The van der Waals surface area contributed by atoms with Crippen molar-refractivity contribution in [3.8, 4) is 0 Å². The van der Waals surface area contributed by atoms with Gasteiger partial charge in [0.05, 0.1) is 11.0 Å². The molecule has 0 N–H and O–H groups in total. The summed E-state index contributed by atoms with van der Waals surface area (Å²) in [4.78, 5) is 36.9. The van der Waals surface area contributed by atoms with Crippen LogP contribution in [-0.2, 0) is 4.74 Å². The summed E-state index contributed by atoms with van der Waals surface area (Å²) in [6.45, 7) is 6.93. The molecule has 0 heterocycles. The van der Waals surface area contributed by atoms with Crippen molar-refractivity contribution in [1.82, 2.24) is 4.90 Å². The SMILES string of the molecule is CC(C(=O)c1cccc([N+](=O)[O-])c1)N(C(=O)OC(C)(C)C)C1CC1. The van der Waals surface area contributed by atoms with Gasteiger partial charge < -0.3 is 4.74 Å². The molecule has 130 valence electrons. The van der Waals surface area contributed by atoms with Crippen molar-refractivity contribution in [2.24, 2.45) is 0 Å². The predicted octanol–water partition coefficient (Wildman–Crippen LogP) is 3.57. The van der Waals surface area contributed by atoms with Gasteiger partial charge >= 0.3 is 6.09 Å². The summed E-state index contributed by atoms with van der Waals surface area (Å²) in [6, 6.07) is 4.79. The van der Waals surface area contributed by atoms with Crippen molar-refractivity contribution < 1.29 is 19.2 Å². The van der Waals surface area contributed by atoms with E-state index in [0.717, 1.165) is 12.8 Å². The van der Waals surface area contributed by atoms with Gasteiger partial charge in [-0.15, -0.1) is 0 Å². The van der Waals surface area contributed by atoms with Crippen molar-refractivity contribution >= 4 is 17.6 Å². The van der Waals surface area contributed by atoms with Crippen LogP contribution >= 0.6 is 0 Å². The van der Waals surface area contributed by atoms with E-state index < -0.39 is 22.7 Å². The number of hydrogen-bond donors (Lipinski definition) is 0. The van der Waals surface area contributed by atoms with Crippen molar-refractivity contribution in [2.45, 2.75) is 58.2 Å². The van der Waals surface area contributed by atoms with Gasteiger partial charge in [-0.25, -0.2) is 4.79 Å². The first-order valence-corrected chi connectivity index (χ1v) is 7.90. The molecule has 0 saturated heterocycles. The van der Waals surface area contributed by atoms with Gasteiger partial charge in [0, 0.05) is 23.7 Å². The van der Waals surface area contributed by atoms with Gasteiger partial charge in [0.15, 0.2) is 5.78 Å². The predicted molar refractivity (Wildman–Crippen MR) is 88.0 cm³/mol. The number of Topliss-reactive ketones (excluding diaryl/α,β-unsaturated/α-hetero) is 1. The molecule has 0 bridgehead atoms. The number of nitrogens with zero attached hydrogens (tertiary/aromatic N) is 2. The van der Waals surface area contributed by atoms with E-state index in [1.54, 1.807) is 27.7 Å². The first-order valence-electron chi connectivity index (χ1n) is 7.90. The highest BCUT2D eigenvalue weighted by Crippen LogP contribution is 2.31. The van der Waals surface area contributed by atoms with Crippen molar-refractivity contribution in [2.75, 3.05) is 0 Å². The summed E-state index contributed by atoms with van der Waals surface area (Å²) < 4.78 is 5.40. The maximum Gasteiger partial charge on any atom is 0.411 e. The molecule has 1 aromatic carbocycles. The first kappa shape index (κ1) is 17.9. The topological polar surface area (TPSA) is 89.8 Å². The molecule has 1 fully saturated rings. The molecule has 24 heavy (non-hydrogen) atoms. The maximum absolute atomic E-state index is 12.7. The quantitative estimate of drug-likeness (QED) is 0.466. The van der Waals surface area contributed by atoms with Crippen molar-refractivity contribution in [3.63, 3.8) is 0 Å². The average Bonchev–Trinajstić information content (AvgIpc) is 3.29. The second-order valence-electron chi connectivity index (χ2n) is 6.97. The highest BCUT2D eigenvalue weighted by molar-refractivity contribution is 6.01. The summed E-state index contributed by atoms with van der Waals surface area (Å²) in [7, 11) is 0. The van der Waals surface area contributed by atoms with Crippen LogP contribution in [0.5, 0.6) is 0 Å². The Balaban J connectivity index is 2.22. The molecule has 7 heteroatoms. The monoisotopic (exact) mass is 334 g/mol. The van der Waals surface area contributed by atoms with E-state index in [1.165, 1.54) is 29.2 Å². The van der Waals surface area contributed by atoms with Crippen LogP contribution in [0.1, 0.15) is 50.9 Å². The van der Waals surface area contributed by atoms with Gasteiger partial charge in [-0.2, -0.15) is 0 Å². The Bertz CT molecular complexity index is 661. The van der Waals surface area contributed by atoms with Crippen LogP contribution < -0.4 is 0 Å². The van der Waals surface area contributed by atoms with Crippen molar-refractivity contribution in [1.29, 1.82) is 0 Å². The molecule has 1 saturated carbocycles. The van der Waals surface area contributed by atoms with E-state index in [9.17, 15) is 19.7 Å². The first-order chi connectivity index (χ1) is 11.1. The lowest BCUT2D eigenvalue weighted by Crippen LogP contribution is -2.47. The Morgan fingerprint density at radius 2 is 1.96 bits per heavy atom. The van der Waals surface area contributed by atoms with Gasteiger partial charge in [0.1, 0.15) is 5.60 Å². The fourth-order valence-electron chi connectivity index (χ4n) is 2.43. The number of carbonyl (C=O) groups excluding carboxylic acids is 2. The molecule has 2 rings (SSSR count). The largest absolute Gasteiger partial charge is 0.444 e. The number of ketones is 1. The highest BCUT2D eigenvalue weighted by atomic mass is 16.6. The number of rotatable bonds is 5. The molecular formula is C17H22N2O5. The standard InChI is InChI=1S/C17H22N2O5/c1-11(15(20)12-6-5-7-14(10-12)19(22)23)18(13-8-9-13)16(21)24-17(2,3)4/h5-7,10-11,13H,8-9H2,1-4H3. The molecule has 1 aliphatic rings. The molecule has 1 aromatic rings. The number of non-ortho nitro benzene ring substituents is 1. The molecule has 0 aliphatic heterocycles. The third-order valence-corrected chi connectivity index (χ3v) is 3.68. The summed E-state index contributed by atoms with van der Waals surface area (Å²) in [5.74, 6) is -0.337. The number of nitro benzene ring substituents is 1. The van der Waals surface area contributed by atoms with Crippen LogP contribution in [0.4, 0.5) is 10.5 Å². The van der Waals surface area contributed by atoms with E-state index in [-0.39, 0.29) is 23.1 Å². The molecule has 1 unspecified atom stereocenters. The third-order valence-electron chi connectivity index (χ3n) is 3.68. The number of hydrogen-bond acceptors (Lipinski definition) is 5. The number of amides is 1. The van der Waals surface area contributed by atoms with Gasteiger partial charge in [0.2, 0.25) is 0 Å². The second-order valence-corrected chi connectivity index (χ2v) is 6.97. The summed E-state index contributed by atoms with van der Waals surface area (Å²) in [5, 5.41) is 10.9. The van der Waals surface area contributed by atoms with Crippen LogP contribution in [0, 0.1) is 10.1 Å². The maximum atomic E-state index is 12.7.